The number of nitriles is 1. The van der Waals surface area contributed by atoms with Crippen molar-refractivity contribution in [3.8, 4) is 6.07 Å². The summed E-state index contributed by atoms with van der Waals surface area (Å²) >= 11 is 0. The highest BCUT2D eigenvalue weighted by atomic mass is 14.5. The molecule has 4 unspecified atom stereocenters. The Balaban J connectivity index is 1.59. The third-order valence-corrected chi connectivity index (χ3v) is 8.03. The number of nitrogens with zero attached hydrogens (tertiary/aromatic N) is 1. The molecule has 0 radical (unpaired) electrons. The lowest BCUT2D eigenvalue weighted by atomic mass is 9.52. The fraction of sp³-hybridized carbons (Fsp3) is 0.957. The van der Waals surface area contributed by atoms with Crippen LogP contribution in [0.2, 0.25) is 0 Å². The first-order chi connectivity index (χ1) is 11.7. The largest absolute Gasteiger partial charge is 0.198 e. The van der Waals surface area contributed by atoms with Gasteiger partial charge in [-0.15, -0.1) is 0 Å². The minimum atomic E-state index is 0.0440. The van der Waals surface area contributed by atoms with Crippen molar-refractivity contribution in [1.82, 2.24) is 0 Å². The topological polar surface area (TPSA) is 23.8 Å². The van der Waals surface area contributed by atoms with Crippen LogP contribution in [0.25, 0.3) is 0 Å². The average Bonchev–Trinajstić information content (AvgIpc) is 2.64. The summed E-state index contributed by atoms with van der Waals surface area (Å²) in [6.07, 6.45) is 19.2. The summed E-state index contributed by atoms with van der Waals surface area (Å²) in [6, 6.07) is 2.79. The second-order valence-corrected chi connectivity index (χ2v) is 9.49. The molecule has 0 saturated heterocycles. The SMILES string of the molecule is CCCC[C@H]1CCC2C(CCC3C[C@@](C#N)(CCCC)CCC32)C1. The smallest absolute Gasteiger partial charge is 0.0689 e. The molecule has 1 nitrogen and oxygen atoms in total. The Morgan fingerprint density at radius 3 is 2.42 bits per heavy atom. The van der Waals surface area contributed by atoms with Gasteiger partial charge in [0.2, 0.25) is 0 Å². The van der Waals surface area contributed by atoms with Crippen LogP contribution in [0, 0.1) is 46.3 Å². The van der Waals surface area contributed by atoms with E-state index >= 15 is 0 Å². The highest BCUT2D eigenvalue weighted by Crippen LogP contribution is 2.57. The molecule has 0 aromatic carbocycles. The van der Waals surface area contributed by atoms with E-state index < -0.39 is 0 Å². The van der Waals surface area contributed by atoms with Gasteiger partial charge in [-0.3, -0.25) is 0 Å². The van der Waals surface area contributed by atoms with Gasteiger partial charge in [-0.25, -0.2) is 0 Å². The molecule has 0 N–H and O–H groups in total. The van der Waals surface area contributed by atoms with E-state index in [1.807, 2.05) is 0 Å². The highest BCUT2D eigenvalue weighted by molar-refractivity contribution is 5.06. The molecule has 3 fully saturated rings. The first kappa shape index (κ1) is 18.3. The van der Waals surface area contributed by atoms with E-state index in [2.05, 4.69) is 19.9 Å². The van der Waals surface area contributed by atoms with E-state index in [9.17, 15) is 5.26 Å². The quantitative estimate of drug-likeness (QED) is 0.509. The monoisotopic (exact) mass is 329 g/mol. The molecule has 0 spiro atoms. The van der Waals surface area contributed by atoms with Gasteiger partial charge in [0.1, 0.15) is 0 Å². The summed E-state index contributed by atoms with van der Waals surface area (Å²) in [7, 11) is 0. The van der Waals surface area contributed by atoms with Crippen LogP contribution < -0.4 is 0 Å². The van der Waals surface area contributed by atoms with Gasteiger partial charge < -0.3 is 0 Å². The fourth-order valence-electron chi connectivity index (χ4n) is 6.68. The third-order valence-electron chi connectivity index (χ3n) is 8.03. The van der Waals surface area contributed by atoms with E-state index in [1.165, 1.54) is 83.5 Å². The molecule has 136 valence electrons. The number of hydrogen-bond donors (Lipinski definition) is 0. The van der Waals surface area contributed by atoms with Gasteiger partial charge in [-0.1, -0.05) is 52.4 Å². The summed E-state index contributed by atoms with van der Waals surface area (Å²) in [4.78, 5) is 0. The third kappa shape index (κ3) is 3.84. The Labute approximate surface area is 150 Å². The van der Waals surface area contributed by atoms with Gasteiger partial charge in [0.05, 0.1) is 11.5 Å². The molecule has 3 aliphatic rings. The molecule has 0 aromatic rings. The van der Waals surface area contributed by atoms with Gasteiger partial charge in [-0.05, 0) is 81.0 Å². The van der Waals surface area contributed by atoms with Gasteiger partial charge in [-0.2, -0.15) is 5.26 Å². The van der Waals surface area contributed by atoms with Crippen LogP contribution in [0.3, 0.4) is 0 Å². The molecule has 6 atom stereocenters. The summed E-state index contributed by atoms with van der Waals surface area (Å²) in [5, 5.41) is 9.86. The predicted octanol–water partition coefficient (Wildman–Crippen LogP) is 7.12. The standard InChI is InChI=1S/C23H39N/c1-3-5-7-18-8-11-21-19(15-18)9-10-20-16-23(17-24,13-6-4-2)14-12-22(20)21/h18-22H,3-16H2,1-2H3/t18-,19?,20?,21?,22?,23+/m0/s1. The van der Waals surface area contributed by atoms with Crippen molar-refractivity contribution in [3.63, 3.8) is 0 Å². The van der Waals surface area contributed by atoms with Crippen LogP contribution in [-0.2, 0) is 0 Å². The Kier molecular flexibility index (Phi) is 6.28. The lowest BCUT2D eigenvalue weighted by molar-refractivity contribution is -0.0180. The summed E-state index contributed by atoms with van der Waals surface area (Å²) in [6.45, 7) is 4.59. The molecule has 24 heavy (non-hydrogen) atoms. The van der Waals surface area contributed by atoms with Crippen LogP contribution in [0.4, 0.5) is 0 Å². The molecule has 3 saturated carbocycles. The van der Waals surface area contributed by atoms with Crippen molar-refractivity contribution in [2.45, 2.75) is 104 Å². The molecule has 0 aromatic heterocycles. The van der Waals surface area contributed by atoms with Gasteiger partial charge >= 0.3 is 0 Å². The van der Waals surface area contributed by atoms with Crippen molar-refractivity contribution in [2.24, 2.45) is 35.0 Å². The molecule has 1 heteroatoms. The average molecular weight is 330 g/mol. The number of hydrogen-bond acceptors (Lipinski definition) is 1. The predicted molar refractivity (Wildman–Crippen MR) is 101 cm³/mol. The summed E-state index contributed by atoms with van der Waals surface area (Å²) in [5.74, 6) is 4.94. The van der Waals surface area contributed by atoms with E-state index in [4.69, 9.17) is 0 Å². The Hall–Kier alpha value is -0.510. The first-order valence-corrected chi connectivity index (χ1v) is 11.1. The first-order valence-electron chi connectivity index (χ1n) is 11.1. The zero-order valence-electron chi connectivity index (χ0n) is 16.2. The van der Waals surface area contributed by atoms with E-state index in [0.717, 1.165) is 36.0 Å². The maximum absolute atomic E-state index is 9.86. The summed E-state index contributed by atoms with van der Waals surface area (Å²) in [5.41, 5.74) is 0.0440. The van der Waals surface area contributed by atoms with Gasteiger partial charge in [0.15, 0.2) is 0 Å². The Bertz CT molecular complexity index is 436. The zero-order valence-corrected chi connectivity index (χ0v) is 16.2. The zero-order chi connectivity index (χ0) is 17.0. The lowest BCUT2D eigenvalue weighted by Crippen LogP contribution is -2.44. The molecular formula is C23H39N. The van der Waals surface area contributed by atoms with Crippen LogP contribution in [-0.4, -0.2) is 0 Å². The Morgan fingerprint density at radius 1 is 0.917 bits per heavy atom. The van der Waals surface area contributed by atoms with E-state index in [-0.39, 0.29) is 5.41 Å². The highest BCUT2D eigenvalue weighted by Gasteiger charge is 2.48. The second-order valence-electron chi connectivity index (χ2n) is 9.49. The van der Waals surface area contributed by atoms with Crippen LogP contribution >= 0.6 is 0 Å². The molecular weight excluding hydrogens is 290 g/mol. The van der Waals surface area contributed by atoms with Crippen LogP contribution in [0.15, 0.2) is 0 Å². The molecule has 0 amide bonds. The molecule has 3 aliphatic carbocycles. The van der Waals surface area contributed by atoms with Crippen LogP contribution in [0.1, 0.15) is 104 Å². The minimum absolute atomic E-state index is 0.0440. The molecule has 0 bridgehead atoms. The normalized spacial score (nSPS) is 42.0. The van der Waals surface area contributed by atoms with Crippen molar-refractivity contribution < 1.29 is 0 Å². The number of unbranched alkanes of at least 4 members (excludes halogenated alkanes) is 2. The van der Waals surface area contributed by atoms with Gasteiger partial charge in [0.25, 0.3) is 0 Å². The van der Waals surface area contributed by atoms with E-state index in [1.54, 1.807) is 0 Å². The molecule has 0 heterocycles. The Morgan fingerprint density at radius 2 is 1.67 bits per heavy atom. The molecule has 0 aliphatic heterocycles. The van der Waals surface area contributed by atoms with Crippen LogP contribution in [0.5, 0.6) is 0 Å². The summed E-state index contributed by atoms with van der Waals surface area (Å²) < 4.78 is 0. The minimum Gasteiger partial charge on any atom is -0.198 e. The number of rotatable bonds is 6. The fourth-order valence-corrected chi connectivity index (χ4v) is 6.68. The van der Waals surface area contributed by atoms with Crippen molar-refractivity contribution >= 4 is 0 Å². The lowest BCUT2D eigenvalue weighted by Gasteiger charge is -2.52. The van der Waals surface area contributed by atoms with Crippen molar-refractivity contribution in [2.75, 3.05) is 0 Å². The van der Waals surface area contributed by atoms with Gasteiger partial charge in [0, 0.05) is 0 Å². The van der Waals surface area contributed by atoms with E-state index in [0.29, 0.717) is 0 Å². The maximum Gasteiger partial charge on any atom is 0.0689 e. The number of fused-ring (bicyclic) bond motifs is 3. The van der Waals surface area contributed by atoms with Crippen molar-refractivity contribution in [3.05, 3.63) is 0 Å². The maximum atomic E-state index is 9.86. The second kappa shape index (κ2) is 8.25. The molecule has 3 rings (SSSR count). The van der Waals surface area contributed by atoms with Crippen molar-refractivity contribution in [1.29, 1.82) is 5.26 Å².